The second-order valence-corrected chi connectivity index (χ2v) is 8.54. The van der Waals surface area contributed by atoms with Gasteiger partial charge in [-0.15, -0.1) is 0 Å². The van der Waals surface area contributed by atoms with Crippen molar-refractivity contribution in [3.63, 3.8) is 0 Å². The Morgan fingerprint density at radius 1 is 0.861 bits per heavy atom. The lowest BCUT2D eigenvalue weighted by atomic mass is 10.0. The molecule has 0 heterocycles. The van der Waals surface area contributed by atoms with Crippen molar-refractivity contribution in [2.75, 3.05) is 13.1 Å². The summed E-state index contributed by atoms with van der Waals surface area (Å²) in [7, 11) is 0. The van der Waals surface area contributed by atoms with Gasteiger partial charge >= 0.3 is 5.97 Å². The SMILES string of the molecule is CC(C)C[C@H](NC(=O)CN)C(=O)N[C@@H](CC(=O)N[C@@H](Cc1ccccc1)C(=O)NCC(=O)O)C(N)=O. The first-order chi connectivity index (χ1) is 16.9. The van der Waals surface area contributed by atoms with Crippen LogP contribution in [0.4, 0.5) is 0 Å². The topological polar surface area (TPSA) is 223 Å². The number of nitrogens with one attached hydrogen (secondary N) is 4. The lowest BCUT2D eigenvalue weighted by Crippen LogP contribution is -2.56. The van der Waals surface area contributed by atoms with Crippen LogP contribution < -0.4 is 32.7 Å². The highest BCUT2D eigenvalue weighted by atomic mass is 16.4. The normalized spacial score (nSPS) is 13.1. The van der Waals surface area contributed by atoms with E-state index in [0.717, 1.165) is 0 Å². The van der Waals surface area contributed by atoms with Crippen molar-refractivity contribution in [2.45, 2.75) is 51.2 Å². The van der Waals surface area contributed by atoms with Crippen molar-refractivity contribution in [1.82, 2.24) is 21.3 Å². The van der Waals surface area contributed by atoms with Crippen LogP contribution in [0, 0.1) is 5.92 Å². The van der Waals surface area contributed by atoms with Crippen LogP contribution in [0.3, 0.4) is 0 Å². The molecule has 198 valence electrons. The van der Waals surface area contributed by atoms with Gasteiger partial charge in [-0.2, -0.15) is 0 Å². The van der Waals surface area contributed by atoms with Crippen LogP contribution in [0.25, 0.3) is 0 Å². The number of benzene rings is 1. The molecule has 5 amide bonds. The molecule has 1 aromatic carbocycles. The molecular weight excluding hydrogens is 472 g/mol. The average molecular weight is 507 g/mol. The van der Waals surface area contributed by atoms with Gasteiger partial charge in [-0.25, -0.2) is 0 Å². The molecule has 0 unspecified atom stereocenters. The van der Waals surface area contributed by atoms with E-state index in [-0.39, 0.29) is 25.3 Å². The van der Waals surface area contributed by atoms with E-state index in [9.17, 15) is 28.8 Å². The van der Waals surface area contributed by atoms with E-state index in [1.807, 2.05) is 13.8 Å². The minimum absolute atomic E-state index is 0.0113. The van der Waals surface area contributed by atoms with E-state index < -0.39 is 66.6 Å². The molecule has 3 atom stereocenters. The van der Waals surface area contributed by atoms with Gasteiger partial charge in [-0.05, 0) is 17.9 Å². The summed E-state index contributed by atoms with van der Waals surface area (Å²) in [6, 6.07) is 5.10. The Kier molecular flexibility index (Phi) is 12.6. The smallest absolute Gasteiger partial charge is 0.322 e. The van der Waals surface area contributed by atoms with Gasteiger partial charge in [0.2, 0.25) is 29.5 Å². The van der Waals surface area contributed by atoms with E-state index in [4.69, 9.17) is 16.6 Å². The zero-order chi connectivity index (χ0) is 27.3. The van der Waals surface area contributed by atoms with Gasteiger partial charge in [0, 0.05) is 6.42 Å². The molecular formula is C23H34N6O7. The van der Waals surface area contributed by atoms with E-state index in [1.165, 1.54) is 0 Å². The first-order valence-corrected chi connectivity index (χ1v) is 11.3. The van der Waals surface area contributed by atoms with Gasteiger partial charge in [-0.3, -0.25) is 28.8 Å². The fraction of sp³-hybridized carbons (Fsp3) is 0.478. The van der Waals surface area contributed by atoms with Crippen molar-refractivity contribution in [3.05, 3.63) is 35.9 Å². The molecule has 0 bridgehead atoms. The molecule has 13 heteroatoms. The number of nitrogens with two attached hydrogens (primary N) is 2. The predicted molar refractivity (Wildman–Crippen MR) is 129 cm³/mol. The number of hydrogen-bond acceptors (Lipinski definition) is 7. The predicted octanol–water partition coefficient (Wildman–Crippen LogP) is -2.24. The number of rotatable bonds is 15. The third kappa shape index (κ3) is 11.4. The van der Waals surface area contributed by atoms with Gasteiger partial charge in [0.05, 0.1) is 13.0 Å². The number of carbonyl (C=O) groups excluding carboxylic acids is 5. The Morgan fingerprint density at radius 3 is 2.00 bits per heavy atom. The number of carboxylic acids is 1. The first kappa shape index (κ1) is 30.0. The number of amides is 5. The van der Waals surface area contributed by atoms with Crippen molar-refractivity contribution in [1.29, 1.82) is 0 Å². The second kappa shape index (κ2) is 15.1. The lowest BCUT2D eigenvalue weighted by molar-refractivity contribution is -0.138. The summed E-state index contributed by atoms with van der Waals surface area (Å²) in [5.41, 5.74) is 11.4. The Balaban J connectivity index is 2.93. The zero-order valence-electron chi connectivity index (χ0n) is 20.3. The largest absolute Gasteiger partial charge is 0.480 e. The highest BCUT2D eigenvalue weighted by Crippen LogP contribution is 2.07. The van der Waals surface area contributed by atoms with Crippen LogP contribution in [-0.2, 0) is 35.2 Å². The highest BCUT2D eigenvalue weighted by molar-refractivity contribution is 5.95. The zero-order valence-corrected chi connectivity index (χ0v) is 20.3. The van der Waals surface area contributed by atoms with Gasteiger partial charge in [0.1, 0.15) is 24.7 Å². The molecule has 0 radical (unpaired) electrons. The fourth-order valence-electron chi connectivity index (χ4n) is 3.23. The van der Waals surface area contributed by atoms with E-state index in [1.54, 1.807) is 30.3 Å². The number of carboxylic acid groups (broad SMARTS) is 1. The third-order valence-electron chi connectivity index (χ3n) is 4.94. The highest BCUT2D eigenvalue weighted by Gasteiger charge is 2.29. The average Bonchev–Trinajstić information content (AvgIpc) is 2.81. The monoisotopic (exact) mass is 506 g/mol. The van der Waals surface area contributed by atoms with Crippen molar-refractivity contribution < 1.29 is 33.9 Å². The minimum atomic E-state index is -1.43. The van der Waals surface area contributed by atoms with E-state index >= 15 is 0 Å². The molecule has 1 rings (SSSR count). The summed E-state index contributed by atoms with van der Waals surface area (Å²) in [5.74, 6) is -5.06. The van der Waals surface area contributed by atoms with Crippen LogP contribution in [-0.4, -0.2) is 71.8 Å². The van der Waals surface area contributed by atoms with Crippen LogP contribution >= 0.6 is 0 Å². The van der Waals surface area contributed by atoms with E-state index in [0.29, 0.717) is 5.56 Å². The standard InChI is InChI=1S/C23H34N6O7/c1-13(2)8-16(28-19(31)11-24)23(36)29-15(21(25)34)10-18(30)27-17(22(35)26-12-20(32)33)9-14-6-4-3-5-7-14/h3-7,13,15-17H,8-12,24H2,1-2H3,(H2,25,34)(H,26,35)(H,27,30)(H,28,31)(H,29,36)(H,32,33)/t15-,16-,17-/m0/s1. The van der Waals surface area contributed by atoms with Crippen molar-refractivity contribution in [2.24, 2.45) is 17.4 Å². The molecule has 36 heavy (non-hydrogen) atoms. The molecule has 0 aliphatic carbocycles. The third-order valence-corrected chi connectivity index (χ3v) is 4.94. The Hall–Kier alpha value is -4.00. The summed E-state index contributed by atoms with van der Waals surface area (Å²) in [6.07, 6.45) is -0.289. The van der Waals surface area contributed by atoms with E-state index in [2.05, 4.69) is 21.3 Å². The summed E-state index contributed by atoms with van der Waals surface area (Å²) in [5, 5.41) is 18.3. The maximum atomic E-state index is 12.7. The maximum absolute atomic E-state index is 12.7. The molecule has 0 fully saturated rings. The molecule has 0 saturated heterocycles. The van der Waals surface area contributed by atoms with Crippen molar-refractivity contribution in [3.8, 4) is 0 Å². The van der Waals surface area contributed by atoms with Crippen molar-refractivity contribution >= 4 is 35.5 Å². The molecule has 0 aliphatic rings. The first-order valence-electron chi connectivity index (χ1n) is 11.3. The Labute approximate surface area is 208 Å². The molecule has 1 aromatic rings. The Morgan fingerprint density at radius 2 is 1.47 bits per heavy atom. The molecule has 13 nitrogen and oxygen atoms in total. The minimum Gasteiger partial charge on any atom is -0.480 e. The summed E-state index contributed by atoms with van der Waals surface area (Å²) >= 11 is 0. The molecule has 0 aliphatic heterocycles. The van der Waals surface area contributed by atoms with Crippen LogP contribution in [0.1, 0.15) is 32.3 Å². The molecule has 0 saturated carbocycles. The number of carbonyl (C=O) groups is 6. The molecule has 9 N–H and O–H groups in total. The number of hydrogen-bond donors (Lipinski definition) is 7. The van der Waals surface area contributed by atoms with Gasteiger partial charge in [0.15, 0.2) is 0 Å². The summed E-state index contributed by atoms with van der Waals surface area (Å²) in [4.78, 5) is 72.4. The fourth-order valence-corrected chi connectivity index (χ4v) is 3.23. The maximum Gasteiger partial charge on any atom is 0.322 e. The summed E-state index contributed by atoms with van der Waals surface area (Å²) < 4.78 is 0. The number of aliphatic carboxylic acids is 1. The Bertz CT molecular complexity index is 938. The van der Waals surface area contributed by atoms with Crippen LogP contribution in [0.5, 0.6) is 0 Å². The van der Waals surface area contributed by atoms with Crippen LogP contribution in [0.2, 0.25) is 0 Å². The quantitative estimate of drug-likeness (QED) is 0.137. The summed E-state index contributed by atoms with van der Waals surface area (Å²) in [6.45, 7) is 2.67. The van der Waals surface area contributed by atoms with Crippen LogP contribution in [0.15, 0.2) is 30.3 Å². The molecule has 0 aromatic heterocycles. The lowest BCUT2D eigenvalue weighted by Gasteiger charge is -2.24. The van der Waals surface area contributed by atoms with Gasteiger partial charge in [-0.1, -0.05) is 44.2 Å². The number of primary amides is 1. The van der Waals surface area contributed by atoms with Gasteiger partial charge < -0.3 is 37.8 Å². The molecule has 0 spiro atoms. The van der Waals surface area contributed by atoms with Gasteiger partial charge in [0.25, 0.3) is 0 Å². The second-order valence-electron chi connectivity index (χ2n) is 8.54.